The number of amides is 1. The summed E-state index contributed by atoms with van der Waals surface area (Å²) in [5.41, 5.74) is 4.65. The maximum Gasteiger partial charge on any atom is 0.269 e. The van der Waals surface area contributed by atoms with Crippen molar-refractivity contribution in [3.05, 3.63) is 65.7 Å². The first-order chi connectivity index (χ1) is 13.2. The molecule has 0 saturated carbocycles. The smallest absolute Gasteiger partial charge is 0.269 e. The third kappa shape index (κ3) is 3.43. The van der Waals surface area contributed by atoms with E-state index in [-0.39, 0.29) is 12.0 Å². The van der Waals surface area contributed by atoms with E-state index in [1.807, 2.05) is 50.4 Å². The van der Waals surface area contributed by atoms with Crippen LogP contribution >= 0.6 is 0 Å². The monoisotopic (exact) mass is 362 g/mol. The van der Waals surface area contributed by atoms with Crippen LogP contribution in [-0.4, -0.2) is 33.3 Å². The van der Waals surface area contributed by atoms with Crippen LogP contribution in [-0.2, 0) is 13.0 Å². The number of nitrogens with one attached hydrogen (secondary N) is 1. The molecule has 3 aromatic rings. The number of nitrogens with zero attached hydrogens (tertiary/aromatic N) is 3. The number of hydrogen-bond acceptors (Lipinski definition) is 4. The average Bonchev–Trinajstić information content (AvgIpc) is 3.29. The summed E-state index contributed by atoms with van der Waals surface area (Å²) in [5, 5.41) is 7.31. The van der Waals surface area contributed by atoms with E-state index >= 15 is 0 Å². The van der Waals surface area contributed by atoms with Gasteiger partial charge in [0.15, 0.2) is 0 Å². The summed E-state index contributed by atoms with van der Waals surface area (Å²) < 4.78 is 7.89. The Morgan fingerprint density at radius 1 is 1.33 bits per heavy atom. The summed E-state index contributed by atoms with van der Waals surface area (Å²) in [7, 11) is 0. The summed E-state index contributed by atoms with van der Waals surface area (Å²) >= 11 is 0. The lowest BCUT2D eigenvalue weighted by Gasteiger charge is -2.14. The van der Waals surface area contributed by atoms with E-state index in [1.54, 1.807) is 10.9 Å². The Labute approximate surface area is 158 Å². The molecule has 3 heterocycles. The SMILES string of the molecule is CCn1nc(C)cc1C(=O)NCC1Cc2cccc(-c3cccnc3)c2O1. The van der Waals surface area contributed by atoms with Crippen molar-refractivity contribution >= 4 is 5.91 Å². The first-order valence-corrected chi connectivity index (χ1v) is 9.17. The van der Waals surface area contributed by atoms with E-state index < -0.39 is 0 Å². The molecule has 0 spiro atoms. The van der Waals surface area contributed by atoms with Crippen LogP contribution in [0.5, 0.6) is 5.75 Å². The van der Waals surface area contributed by atoms with E-state index in [1.165, 1.54) is 0 Å². The standard InChI is InChI=1S/C21H22N4O2/c1-3-25-19(10-14(2)24-25)21(26)23-13-17-11-15-6-4-8-18(20(15)27-17)16-7-5-9-22-12-16/h4-10,12,17H,3,11,13H2,1-2H3,(H,23,26). The van der Waals surface area contributed by atoms with Crippen LogP contribution in [0, 0.1) is 6.92 Å². The van der Waals surface area contributed by atoms with Crippen molar-refractivity contribution in [2.45, 2.75) is 32.9 Å². The molecule has 6 heteroatoms. The maximum absolute atomic E-state index is 12.5. The highest BCUT2D eigenvalue weighted by molar-refractivity contribution is 5.92. The van der Waals surface area contributed by atoms with Gasteiger partial charge >= 0.3 is 0 Å². The van der Waals surface area contributed by atoms with Crippen molar-refractivity contribution in [2.75, 3.05) is 6.54 Å². The number of hydrogen-bond donors (Lipinski definition) is 1. The number of aryl methyl sites for hydroxylation is 2. The molecule has 6 nitrogen and oxygen atoms in total. The van der Waals surface area contributed by atoms with E-state index in [2.05, 4.69) is 21.5 Å². The third-order valence-electron chi connectivity index (χ3n) is 4.73. The lowest BCUT2D eigenvalue weighted by Crippen LogP contribution is -2.35. The number of carbonyl (C=O) groups is 1. The zero-order chi connectivity index (χ0) is 18.8. The quantitative estimate of drug-likeness (QED) is 0.757. The molecule has 1 aliphatic heterocycles. The van der Waals surface area contributed by atoms with Gasteiger partial charge in [-0.2, -0.15) is 5.10 Å². The Hall–Kier alpha value is -3.15. The van der Waals surface area contributed by atoms with Gasteiger partial charge in [0.1, 0.15) is 17.5 Å². The zero-order valence-electron chi connectivity index (χ0n) is 15.5. The van der Waals surface area contributed by atoms with Crippen LogP contribution < -0.4 is 10.1 Å². The molecule has 27 heavy (non-hydrogen) atoms. The molecule has 1 aromatic carbocycles. The molecule has 0 fully saturated rings. The Balaban J connectivity index is 1.46. The molecule has 1 amide bonds. The molecule has 1 aliphatic rings. The molecular weight excluding hydrogens is 340 g/mol. The summed E-state index contributed by atoms with van der Waals surface area (Å²) in [6, 6.07) is 11.9. The second-order valence-corrected chi connectivity index (χ2v) is 6.68. The summed E-state index contributed by atoms with van der Waals surface area (Å²) in [6.07, 6.45) is 4.29. The van der Waals surface area contributed by atoms with Crippen LogP contribution in [0.2, 0.25) is 0 Å². The number of fused-ring (bicyclic) bond motifs is 1. The fraction of sp³-hybridized carbons (Fsp3) is 0.286. The molecule has 0 saturated heterocycles. The largest absolute Gasteiger partial charge is 0.487 e. The van der Waals surface area contributed by atoms with Gasteiger partial charge in [-0.15, -0.1) is 0 Å². The number of aromatic nitrogens is 3. The van der Waals surface area contributed by atoms with E-state index in [9.17, 15) is 4.79 Å². The lowest BCUT2D eigenvalue weighted by atomic mass is 10.0. The highest BCUT2D eigenvalue weighted by atomic mass is 16.5. The summed E-state index contributed by atoms with van der Waals surface area (Å²) in [6.45, 7) is 4.98. The predicted molar refractivity (Wildman–Crippen MR) is 103 cm³/mol. The first kappa shape index (κ1) is 17.3. The van der Waals surface area contributed by atoms with Gasteiger partial charge in [0.05, 0.1) is 12.2 Å². The molecular formula is C21H22N4O2. The van der Waals surface area contributed by atoms with Crippen molar-refractivity contribution in [1.82, 2.24) is 20.1 Å². The van der Waals surface area contributed by atoms with E-state index in [4.69, 9.17) is 4.74 Å². The van der Waals surface area contributed by atoms with Crippen LogP contribution in [0.3, 0.4) is 0 Å². The Morgan fingerprint density at radius 2 is 2.22 bits per heavy atom. The van der Waals surface area contributed by atoms with Crippen molar-refractivity contribution in [1.29, 1.82) is 0 Å². The number of rotatable bonds is 5. The summed E-state index contributed by atoms with van der Waals surface area (Å²) in [5.74, 6) is 0.767. The average molecular weight is 362 g/mol. The lowest BCUT2D eigenvalue weighted by molar-refractivity contribution is 0.0923. The van der Waals surface area contributed by atoms with E-state index in [0.29, 0.717) is 18.8 Å². The van der Waals surface area contributed by atoms with Crippen molar-refractivity contribution in [3.8, 4) is 16.9 Å². The van der Waals surface area contributed by atoms with Gasteiger partial charge in [-0.1, -0.05) is 24.3 Å². The van der Waals surface area contributed by atoms with Crippen molar-refractivity contribution in [2.24, 2.45) is 0 Å². The van der Waals surface area contributed by atoms with Crippen LogP contribution in [0.15, 0.2) is 48.8 Å². The van der Waals surface area contributed by atoms with Crippen LogP contribution in [0.1, 0.15) is 28.7 Å². The minimum atomic E-state index is -0.121. The topological polar surface area (TPSA) is 69.0 Å². The van der Waals surface area contributed by atoms with Crippen LogP contribution in [0.4, 0.5) is 0 Å². The number of carbonyl (C=O) groups excluding carboxylic acids is 1. The Morgan fingerprint density at radius 3 is 3.00 bits per heavy atom. The number of para-hydroxylation sites is 1. The van der Waals surface area contributed by atoms with Gasteiger partial charge in [-0.25, -0.2) is 0 Å². The van der Waals surface area contributed by atoms with Gasteiger partial charge in [-0.3, -0.25) is 14.5 Å². The molecule has 4 rings (SSSR count). The third-order valence-corrected chi connectivity index (χ3v) is 4.73. The normalized spacial score (nSPS) is 15.3. The van der Waals surface area contributed by atoms with Gasteiger partial charge in [0.2, 0.25) is 0 Å². The number of pyridine rings is 1. The second kappa shape index (κ2) is 7.23. The molecule has 0 radical (unpaired) electrons. The van der Waals surface area contributed by atoms with E-state index in [0.717, 1.165) is 34.6 Å². The summed E-state index contributed by atoms with van der Waals surface area (Å²) in [4.78, 5) is 16.7. The molecule has 0 aliphatic carbocycles. The van der Waals surface area contributed by atoms with Crippen molar-refractivity contribution < 1.29 is 9.53 Å². The number of ether oxygens (including phenoxy) is 1. The highest BCUT2D eigenvalue weighted by Gasteiger charge is 2.26. The predicted octanol–water partition coefficient (Wildman–Crippen LogP) is 3.01. The molecule has 2 aromatic heterocycles. The van der Waals surface area contributed by atoms with Gasteiger partial charge < -0.3 is 10.1 Å². The minimum absolute atomic E-state index is 0.0825. The molecule has 0 bridgehead atoms. The number of benzene rings is 1. The molecule has 138 valence electrons. The Bertz CT molecular complexity index is 966. The highest BCUT2D eigenvalue weighted by Crippen LogP contribution is 2.38. The molecule has 1 atom stereocenters. The fourth-order valence-electron chi connectivity index (χ4n) is 3.47. The van der Waals surface area contributed by atoms with Crippen molar-refractivity contribution in [3.63, 3.8) is 0 Å². The molecule has 1 N–H and O–H groups in total. The maximum atomic E-state index is 12.5. The second-order valence-electron chi connectivity index (χ2n) is 6.68. The molecule has 1 unspecified atom stereocenters. The van der Waals surface area contributed by atoms with Crippen LogP contribution in [0.25, 0.3) is 11.1 Å². The minimum Gasteiger partial charge on any atom is -0.487 e. The first-order valence-electron chi connectivity index (χ1n) is 9.17. The fourth-order valence-corrected chi connectivity index (χ4v) is 3.47. The Kier molecular flexibility index (Phi) is 4.62. The van der Waals surface area contributed by atoms with Gasteiger partial charge in [-0.05, 0) is 31.5 Å². The van der Waals surface area contributed by atoms with Gasteiger partial charge in [0.25, 0.3) is 5.91 Å². The van der Waals surface area contributed by atoms with Gasteiger partial charge in [0, 0.05) is 36.5 Å². The zero-order valence-corrected chi connectivity index (χ0v) is 15.5.